The molecule has 0 bridgehead atoms. The standard InChI is InChI=1S/C17H22N2O3/c1-11(2)19-15-6-5-14(8-13(15)9-16(19)20)18-7-3-4-12(10-18)17(21)22/h5-6,8,11-12H,3-4,7,9-10H2,1-2H3,(H,21,22). The Hall–Kier alpha value is -2.04. The van der Waals surface area contributed by atoms with Crippen LogP contribution in [0.2, 0.25) is 0 Å². The van der Waals surface area contributed by atoms with Crippen molar-refractivity contribution in [2.75, 3.05) is 22.9 Å². The number of aliphatic carboxylic acids is 1. The van der Waals surface area contributed by atoms with Gasteiger partial charge in [0.25, 0.3) is 0 Å². The van der Waals surface area contributed by atoms with Gasteiger partial charge in [0, 0.05) is 30.5 Å². The normalized spacial score (nSPS) is 21.4. The summed E-state index contributed by atoms with van der Waals surface area (Å²) in [6, 6.07) is 6.22. The number of carboxylic acid groups (broad SMARTS) is 1. The summed E-state index contributed by atoms with van der Waals surface area (Å²) >= 11 is 0. The van der Waals surface area contributed by atoms with Crippen LogP contribution >= 0.6 is 0 Å². The molecule has 1 fully saturated rings. The van der Waals surface area contributed by atoms with E-state index in [0.717, 1.165) is 36.3 Å². The second kappa shape index (κ2) is 5.63. The van der Waals surface area contributed by atoms with Gasteiger partial charge in [0.2, 0.25) is 5.91 Å². The molecule has 1 aromatic carbocycles. The first-order valence-corrected chi connectivity index (χ1v) is 7.90. The zero-order valence-corrected chi connectivity index (χ0v) is 13.1. The number of anilines is 2. The minimum atomic E-state index is -0.716. The van der Waals surface area contributed by atoms with Gasteiger partial charge in [-0.3, -0.25) is 9.59 Å². The predicted octanol–water partition coefficient (Wildman–Crippen LogP) is 2.29. The summed E-state index contributed by atoms with van der Waals surface area (Å²) in [5.74, 6) is -0.868. The zero-order valence-electron chi connectivity index (χ0n) is 13.1. The molecule has 0 saturated carbocycles. The number of carbonyl (C=O) groups excluding carboxylic acids is 1. The number of amides is 1. The Balaban J connectivity index is 1.84. The van der Waals surface area contributed by atoms with Crippen LogP contribution in [0.3, 0.4) is 0 Å². The molecule has 2 aliphatic heterocycles. The van der Waals surface area contributed by atoms with Gasteiger partial charge in [-0.1, -0.05) is 0 Å². The molecular formula is C17H22N2O3. The summed E-state index contributed by atoms with van der Waals surface area (Å²) in [5, 5.41) is 9.21. The maximum Gasteiger partial charge on any atom is 0.308 e. The molecule has 1 saturated heterocycles. The average Bonchev–Trinajstić information content (AvgIpc) is 2.82. The fraction of sp³-hybridized carbons (Fsp3) is 0.529. The number of benzene rings is 1. The van der Waals surface area contributed by atoms with Crippen molar-refractivity contribution in [3.63, 3.8) is 0 Å². The van der Waals surface area contributed by atoms with E-state index in [1.54, 1.807) is 0 Å². The SMILES string of the molecule is CC(C)N1C(=O)Cc2cc(N3CCCC(C(=O)O)C3)ccc21. The molecular weight excluding hydrogens is 280 g/mol. The van der Waals surface area contributed by atoms with Gasteiger partial charge in [-0.05, 0) is 50.5 Å². The molecule has 1 unspecified atom stereocenters. The van der Waals surface area contributed by atoms with E-state index in [1.807, 2.05) is 30.9 Å². The van der Waals surface area contributed by atoms with E-state index in [4.69, 9.17) is 0 Å². The highest BCUT2D eigenvalue weighted by molar-refractivity contribution is 6.02. The lowest BCUT2D eigenvalue weighted by molar-refractivity contribution is -0.142. The van der Waals surface area contributed by atoms with Crippen molar-refractivity contribution in [3.8, 4) is 0 Å². The number of fused-ring (bicyclic) bond motifs is 1. The van der Waals surface area contributed by atoms with Crippen LogP contribution in [0, 0.1) is 5.92 Å². The molecule has 1 N–H and O–H groups in total. The molecule has 3 rings (SSSR count). The fourth-order valence-corrected chi connectivity index (χ4v) is 3.51. The molecule has 1 amide bonds. The van der Waals surface area contributed by atoms with Crippen LogP contribution < -0.4 is 9.80 Å². The Morgan fingerprint density at radius 2 is 2.14 bits per heavy atom. The monoisotopic (exact) mass is 302 g/mol. The minimum absolute atomic E-state index is 0.143. The second-order valence-corrected chi connectivity index (χ2v) is 6.47. The Kier molecular flexibility index (Phi) is 3.81. The quantitative estimate of drug-likeness (QED) is 0.930. The highest BCUT2D eigenvalue weighted by Crippen LogP contribution is 2.34. The Bertz CT molecular complexity index is 612. The van der Waals surface area contributed by atoms with Crippen LogP contribution in [-0.2, 0) is 16.0 Å². The van der Waals surface area contributed by atoms with E-state index in [9.17, 15) is 14.7 Å². The van der Waals surface area contributed by atoms with Gasteiger partial charge in [0.1, 0.15) is 0 Å². The maximum absolute atomic E-state index is 12.1. The Morgan fingerprint density at radius 3 is 2.82 bits per heavy atom. The lowest BCUT2D eigenvalue weighted by atomic mass is 9.97. The first-order chi connectivity index (χ1) is 10.5. The number of nitrogens with zero attached hydrogens (tertiary/aromatic N) is 2. The fourth-order valence-electron chi connectivity index (χ4n) is 3.51. The zero-order chi connectivity index (χ0) is 15.9. The Morgan fingerprint density at radius 1 is 1.36 bits per heavy atom. The van der Waals surface area contributed by atoms with E-state index in [1.165, 1.54) is 0 Å². The lowest BCUT2D eigenvalue weighted by Gasteiger charge is -2.33. The predicted molar refractivity (Wildman–Crippen MR) is 85.3 cm³/mol. The van der Waals surface area contributed by atoms with Gasteiger partial charge < -0.3 is 14.9 Å². The van der Waals surface area contributed by atoms with Crippen LogP contribution in [0.5, 0.6) is 0 Å². The van der Waals surface area contributed by atoms with E-state index < -0.39 is 5.97 Å². The summed E-state index contributed by atoms with van der Waals surface area (Å²) in [4.78, 5) is 27.3. The first-order valence-electron chi connectivity index (χ1n) is 7.90. The lowest BCUT2D eigenvalue weighted by Crippen LogP contribution is -2.38. The van der Waals surface area contributed by atoms with Gasteiger partial charge in [0.15, 0.2) is 0 Å². The number of piperidine rings is 1. The summed E-state index contributed by atoms with van der Waals surface area (Å²) in [7, 11) is 0. The van der Waals surface area contributed by atoms with E-state index in [-0.39, 0.29) is 17.9 Å². The minimum Gasteiger partial charge on any atom is -0.481 e. The van der Waals surface area contributed by atoms with Crippen LogP contribution in [0.4, 0.5) is 11.4 Å². The number of carbonyl (C=O) groups is 2. The van der Waals surface area contributed by atoms with Gasteiger partial charge in [-0.25, -0.2) is 0 Å². The summed E-state index contributed by atoms with van der Waals surface area (Å²) < 4.78 is 0. The van der Waals surface area contributed by atoms with Crippen molar-refractivity contribution >= 4 is 23.3 Å². The van der Waals surface area contributed by atoms with Crippen LogP contribution in [0.1, 0.15) is 32.3 Å². The summed E-state index contributed by atoms with van der Waals surface area (Å²) in [5.41, 5.74) is 3.08. The highest BCUT2D eigenvalue weighted by Gasteiger charge is 2.31. The third-order valence-electron chi connectivity index (χ3n) is 4.59. The van der Waals surface area contributed by atoms with E-state index in [0.29, 0.717) is 13.0 Å². The average molecular weight is 302 g/mol. The highest BCUT2D eigenvalue weighted by atomic mass is 16.4. The van der Waals surface area contributed by atoms with Crippen molar-refractivity contribution in [2.24, 2.45) is 5.92 Å². The molecule has 1 aromatic rings. The van der Waals surface area contributed by atoms with E-state index >= 15 is 0 Å². The smallest absolute Gasteiger partial charge is 0.308 e. The molecule has 0 aliphatic carbocycles. The van der Waals surface area contributed by atoms with Crippen molar-refractivity contribution in [2.45, 2.75) is 39.2 Å². The van der Waals surface area contributed by atoms with Crippen LogP contribution in [0.15, 0.2) is 18.2 Å². The number of hydrogen-bond acceptors (Lipinski definition) is 3. The van der Waals surface area contributed by atoms with Crippen molar-refractivity contribution in [1.82, 2.24) is 0 Å². The number of carboxylic acids is 1. The molecule has 5 heteroatoms. The molecule has 0 aromatic heterocycles. The van der Waals surface area contributed by atoms with E-state index in [2.05, 4.69) is 11.0 Å². The molecule has 0 spiro atoms. The van der Waals surface area contributed by atoms with Crippen molar-refractivity contribution in [3.05, 3.63) is 23.8 Å². The molecule has 5 nitrogen and oxygen atoms in total. The number of rotatable bonds is 3. The van der Waals surface area contributed by atoms with Gasteiger partial charge in [-0.15, -0.1) is 0 Å². The van der Waals surface area contributed by atoms with Gasteiger partial charge in [0.05, 0.1) is 12.3 Å². The second-order valence-electron chi connectivity index (χ2n) is 6.47. The van der Waals surface area contributed by atoms with Crippen LogP contribution in [-0.4, -0.2) is 36.1 Å². The molecule has 0 radical (unpaired) electrons. The van der Waals surface area contributed by atoms with Crippen LogP contribution in [0.25, 0.3) is 0 Å². The molecule has 2 aliphatic rings. The molecule has 1 atom stereocenters. The maximum atomic E-state index is 12.1. The van der Waals surface area contributed by atoms with Gasteiger partial charge >= 0.3 is 5.97 Å². The topological polar surface area (TPSA) is 60.9 Å². The molecule has 2 heterocycles. The third kappa shape index (κ3) is 2.56. The third-order valence-corrected chi connectivity index (χ3v) is 4.59. The largest absolute Gasteiger partial charge is 0.481 e. The Labute approximate surface area is 130 Å². The number of hydrogen-bond donors (Lipinski definition) is 1. The van der Waals surface area contributed by atoms with Crippen molar-refractivity contribution < 1.29 is 14.7 Å². The molecule has 22 heavy (non-hydrogen) atoms. The molecule has 118 valence electrons. The van der Waals surface area contributed by atoms with Gasteiger partial charge in [-0.2, -0.15) is 0 Å². The summed E-state index contributed by atoms with van der Waals surface area (Å²) in [6.07, 6.45) is 2.08. The first kappa shape index (κ1) is 14.9. The van der Waals surface area contributed by atoms with Crippen molar-refractivity contribution in [1.29, 1.82) is 0 Å². The summed E-state index contributed by atoms with van der Waals surface area (Å²) in [6.45, 7) is 5.46.